The molecule has 362 valence electrons. The molecule has 0 saturated heterocycles. The number of nitrogens with one attached hydrogen (secondary N) is 3. The van der Waals surface area contributed by atoms with Gasteiger partial charge in [-0.05, 0) is 155 Å². The first kappa shape index (κ1) is 61.5. The second-order valence-electron chi connectivity index (χ2n) is 11.7. The Kier molecular flexibility index (Phi) is 32.1. The van der Waals surface area contributed by atoms with Gasteiger partial charge in [0.15, 0.2) is 6.29 Å². The Balaban J connectivity index is 0.00000105. The first-order chi connectivity index (χ1) is 34.3. The predicted octanol–water partition coefficient (Wildman–Crippen LogP) is 11.0. The van der Waals surface area contributed by atoms with E-state index in [1.807, 2.05) is 19.9 Å². The zero-order valence-electron chi connectivity index (χ0n) is 38.9. The number of ether oxygens (including phenoxy) is 6. The molecule has 0 unspecified atom stereocenters. The number of alkyl halides is 3. The number of carbonyl (C=O) groups is 3. The van der Waals surface area contributed by atoms with Crippen LogP contribution in [-0.4, -0.2) is 83.3 Å². The molecule has 3 aromatic rings. The Hall–Kier alpha value is -10.5. The van der Waals surface area contributed by atoms with Crippen LogP contribution in [0, 0.1) is 0 Å². The molecule has 0 radical (unpaired) electrons. The molecule has 3 N–H and O–H groups in total. The van der Waals surface area contributed by atoms with E-state index in [2.05, 4.69) is 182 Å². The first-order valence-electron chi connectivity index (χ1n) is 19.8. The molecule has 13 nitrogen and oxygen atoms in total. The molecule has 0 aliphatic carbocycles. The van der Waals surface area contributed by atoms with E-state index < -0.39 is 24.3 Å². The van der Waals surface area contributed by atoms with Gasteiger partial charge in [-0.25, -0.2) is 9.59 Å². The maximum absolute atomic E-state index is 12.6. The number of hydrogen-bond donors (Lipinski definition) is 3. The highest BCUT2D eigenvalue weighted by Crippen LogP contribution is 2.32. The van der Waals surface area contributed by atoms with E-state index in [1.165, 1.54) is 39.5 Å². The molecule has 16 heteroatoms. The summed E-state index contributed by atoms with van der Waals surface area (Å²) in [4.78, 5) is 34.0. The fourth-order valence-electron chi connectivity index (χ4n) is 4.46. The van der Waals surface area contributed by atoms with Crippen molar-refractivity contribution in [1.29, 1.82) is 0 Å². The summed E-state index contributed by atoms with van der Waals surface area (Å²) in [6, 6.07) is 9.30. The highest BCUT2D eigenvalue weighted by atomic mass is 19.4. The Morgan fingerprint density at radius 1 is 0.583 bits per heavy atom. The highest BCUT2D eigenvalue weighted by Gasteiger charge is 2.40. The van der Waals surface area contributed by atoms with Crippen molar-refractivity contribution in [3.05, 3.63) is 199 Å². The van der Waals surface area contributed by atoms with Crippen LogP contribution < -0.4 is 25.4 Å². The third-order valence-electron chi connectivity index (χ3n) is 7.25. The molecule has 0 fully saturated rings. The van der Waals surface area contributed by atoms with Crippen LogP contribution in [0.4, 0.5) is 39.8 Å². The van der Waals surface area contributed by atoms with Crippen molar-refractivity contribution in [1.82, 2.24) is 4.57 Å². The normalized spacial score (nSPS) is 8.08. The van der Waals surface area contributed by atoms with Crippen molar-refractivity contribution >= 4 is 46.1 Å². The van der Waals surface area contributed by atoms with Gasteiger partial charge in [-0.2, -0.15) is 13.2 Å². The number of methoxy groups -OCH3 is 4. The van der Waals surface area contributed by atoms with Crippen molar-refractivity contribution in [2.24, 2.45) is 0 Å². The minimum Gasteiger partial charge on any atom is -0.495 e. The van der Waals surface area contributed by atoms with E-state index in [1.54, 1.807) is 12.1 Å². The zero-order valence-corrected chi connectivity index (χ0v) is 38.9. The van der Waals surface area contributed by atoms with E-state index in [-0.39, 0.29) is 30.7 Å². The van der Waals surface area contributed by atoms with Gasteiger partial charge < -0.3 is 33.7 Å². The molecule has 3 rings (SSSR count). The Labute approximate surface area is 413 Å². The lowest BCUT2D eigenvalue weighted by Gasteiger charge is -2.19. The zero-order chi connectivity index (χ0) is 52.5. The van der Waals surface area contributed by atoms with Gasteiger partial charge in [0.05, 0.1) is 51.9 Å². The first-order valence-corrected chi connectivity index (χ1v) is 19.8. The Morgan fingerprint density at radius 3 is 1.32 bits per heavy atom. The van der Waals surface area contributed by atoms with Gasteiger partial charge in [-0.15, -0.1) is 0 Å². The van der Waals surface area contributed by atoms with Crippen LogP contribution in [0.2, 0.25) is 0 Å². The molecule has 2 amide bonds. The van der Waals surface area contributed by atoms with Gasteiger partial charge in [0, 0.05) is 70.6 Å². The molecule has 0 atom stereocenters. The Morgan fingerprint density at radius 2 is 0.972 bits per heavy atom. The van der Waals surface area contributed by atoms with Gasteiger partial charge in [0.25, 0.3) is 0 Å². The fraction of sp³-hybridized carbons (Fsp3) is 0.214. The van der Waals surface area contributed by atoms with Gasteiger partial charge in [0.2, 0.25) is 0 Å². The summed E-state index contributed by atoms with van der Waals surface area (Å²) in [5.41, 5.74) is 63.3. The lowest BCUT2D eigenvalue weighted by molar-refractivity contribution is -0.126. The summed E-state index contributed by atoms with van der Waals surface area (Å²) in [5.74, 6) is -1.27. The van der Waals surface area contributed by atoms with Gasteiger partial charge >= 0.3 is 24.3 Å². The highest BCUT2D eigenvalue weighted by molar-refractivity contribution is 5.99. The molecule has 0 aliphatic rings. The molecule has 0 aliphatic heterocycles. The molecule has 72 heavy (non-hydrogen) atoms. The summed E-state index contributed by atoms with van der Waals surface area (Å²) in [6.07, 6.45) is -5.71. The van der Waals surface area contributed by atoms with E-state index in [0.717, 1.165) is 19.0 Å². The summed E-state index contributed by atoms with van der Waals surface area (Å²) >= 11 is 0. The van der Waals surface area contributed by atoms with Crippen molar-refractivity contribution in [3.8, 4) is 11.5 Å². The van der Waals surface area contributed by atoms with Crippen LogP contribution in [0.25, 0.3) is 10.9 Å². The summed E-state index contributed by atoms with van der Waals surface area (Å²) in [6.45, 7) is 12.1. The van der Waals surface area contributed by atoms with Crippen LogP contribution in [0.3, 0.4) is 0 Å². The molecule has 1 aromatic heterocycles. The number of nitrogens with zero attached hydrogens (tertiary/aromatic N) is 1. The lowest BCUT2D eigenvalue weighted by Crippen LogP contribution is -2.28. The summed E-state index contributed by atoms with van der Waals surface area (Å²) < 4.78 is 68.3. The average molecular weight is 973 g/mol. The molecule has 0 spiro atoms. The van der Waals surface area contributed by atoms with Crippen LogP contribution in [0.15, 0.2) is 199 Å². The number of benzene rings is 2. The largest absolute Gasteiger partial charge is 0.495 e. The number of anilines is 3. The number of halogens is 3. The van der Waals surface area contributed by atoms with Gasteiger partial charge in [-0.1, -0.05) is 18.9 Å². The lowest BCUT2D eigenvalue weighted by atomic mass is 10.2. The Bertz CT molecular complexity index is 3320. The van der Waals surface area contributed by atoms with Crippen molar-refractivity contribution in [3.63, 3.8) is 0 Å². The minimum atomic E-state index is -5.01. The summed E-state index contributed by atoms with van der Waals surface area (Å²) in [7, 11) is 5.31. The average Bonchev–Trinajstić information content (AvgIpc) is 3.77. The van der Waals surface area contributed by atoms with Crippen LogP contribution in [0.5, 0.6) is 11.5 Å². The predicted molar refractivity (Wildman–Crippen MR) is 262 cm³/mol. The number of amides is 2. The van der Waals surface area contributed by atoms with Crippen LogP contribution in [0.1, 0.15) is 26.1 Å². The third kappa shape index (κ3) is 26.0. The summed E-state index contributed by atoms with van der Waals surface area (Å²) in [5, 5.41) is 8.46. The van der Waals surface area contributed by atoms with Crippen LogP contribution in [-0.2, 0) is 18.9 Å². The molecule has 2 aromatic carbocycles. The van der Waals surface area contributed by atoms with Crippen LogP contribution >= 0.6 is 0 Å². The van der Waals surface area contributed by atoms with Crippen molar-refractivity contribution in [2.75, 3.05) is 64.1 Å². The van der Waals surface area contributed by atoms with E-state index in [0.29, 0.717) is 41.1 Å². The van der Waals surface area contributed by atoms with Crippen molar-refractivity contribution in [2.45, 2.75) is 33.7 Å². The number of carbonyl (C=O) groups excluding carboxylic acids is 3. The standard InChI is InChI=1S/C27H4.C15H24N2O5.C13H11F3N2O4.CH4/c1-3-5-7-9-11-13-15-17-19-21-23-25-27-26-24-22-20-18-16-14-12-10-8-6-4-2;1-5-21-14(22-6-2)10-16-11-7-8-13(19-3)12(9-11)17-15(18)20-4;1-21-10-5-7-3-4-18(11(19)13(14,15)16)9(7)6-8(10)17-12(20)22-2;/h1-2H2;7-9,14,16H,5-6,10H2,1-4H3,(H,17,18);3-6H,1-2H3,(H,17,20);1H4. The van der Waals surface area contributed by atoms with Crippen molar-refractivity contribution < 1.29 is 56.0 Å². The molecule has 0 saturated carbocycles. The quantitative estimate of drug-likeness (QED) is 0.125. The fourth-order valence-corrected chi connectivity index (χ4v) is 4.46. The molecule has 0 bridgehead atoms. The van der Waals surface area contributed by atoms with E-state index in [9.17, 15) is 27.6 Å². The third-order valence-corrected chi connectivity index (χ3v) is 7.25. The number of rotatable bonds is 11. The number of fused-ring (bicyclic) bond motifs is 1. The monoisotopic (exact) mass is 972 g/mol. The maximum atomic E-state index is 12.6. The SMILES string of the molecule is C.C=C=C=C=C=C=C=C=C=C=C=C=C=C=C=C=C=C=C=C=C=C=C=C=C=C=C.CCOC(CNc1ccc(OC)c(NC(=O)OC)c1)OCC.COC(=O)Nc1cc2c(ccn2C(=O)C(F)(F)F)cc1OC. The molecular formula is C56H43F3N4O9. The topological polar surface area (TPSA) is 148 Å². The van der Waals surface area contributed by atoms with Gasteiger partial charge in [0.1, 0.15) is 11.5 Å². The second kappa shape index (κ2) is 37.6. The second-order valence-corrected chi connectivity index (χ2v) is 11.7. The smallest absolute Gasteiger partial charge is 0.472 e. The number of aromatic nitrogens is 1. The van der Waals surface area contributed by atoms with E-state index >= 15 is 0 Å². The molecule has 1 heterocycles. The maximum Gasteiger partial charge on any atom is 0.472 e. The minimum absolute atomic E-state index is 0. The molecular weight excluding hydrogens is 930 g/mol. The van der Waals surface area contributed by atoms with E-state index in [4.69, 9.17) is 18.9 Å². The number of hydrogen-bond acceptors (Lipinski definition) is 10. The van der Waals surface area contributed by atoms with Gasteiger partial charge in [-0.3, -0.25) is 20.0 Å².